The van der Waals surface area contributed by atoms with Gasteiger partial charge in [0.1, 0.15) is 0 Å². The lowest BCUT2D eigenvalue weighted by Crippen LogP contribution is -2.39. The van der Waals surface area contributed by atoms with E-state index in [2.05, 4.69) is 67.0 Å². The molecule has 41 heavy (non-hydrogen) atoms. The number of nitrogens with zero attached hydrogens (tertiary/aromatic N) is 4. The second kappa shape index (κ2) is 14.2. The third kappa shape index (κ3) is 8.22. The second-order valence-corrected chi connectivity index (χ2v) is 11.3. The van der Waals surface area contributed by atoms with Gasteiger partial charge in [0.15, 0.2) is 29.2 Å². The third-order valence-corrected chi connectivity index (χ3v) is 7.65. The van der Waals surface area contributed by atoms with Gasteiger partial charge in [-0.05, 0) is 72.4 Å². The van der Waals surface area contributed by atoms with E-state index in [0.29, 0.717) is 31.2 Å². The van der Waals surface area contributed by atoms with Crippen LogP contribution in [0.25, 0.3) is 11.2 Å². The van der Waals surface area contributed by atoms with Crippen molar-refractivity contribution in [2.24, 2.45) is 5.73 Å². The maximum Gasteiger partial charge on any atom is 0.335 e. The number of aliphatic hydroxyl groups is 2. The smallest absolute Gasteiger partial charge is 0.335 e. The Labute approximate surface area is 249 Å². The Balaban J connectivity index is 0.000000334. The average molecular weight is 684 g/mol. The number of aliphatic hydroxyl groups excluding tert-OH is 2. The molecule has 3 heterocycles. The van der Waals surface area contributed by atoms with Crippen LogP contribution in [0, 0.1) is 3.57 Å². The van der Waals surface area contributed by atoms with Crippen LogP contribution in [0.1, 0.15) is 43.7 Å². The summed E-state index contributed by atoms with van der Waals surface area (Å²) in [6.07, 6.45) is 2.48. The van der Waals surface area contributed by atoms with Gasteiger partial charge in [0, 0.05) is 28.8 Å². The highest BCUT2D eigenvalue weighted by molar-refractivity contribution is 14.1. The zero-order valence-corrected chi connectivity index (χ0v) is 24.3. The Morgan fingerprint density at radius 2 is 1.80 bits per heavy atom. The number of nitrogens with one attached hydrogen (secondary N) is 2. The predicted molar refractivity (Wildman–Crippen MR) is 157 cm³/mol. The van der Waals surface area contributed by atoms with Gasteiger partial charge in [0.2, 0.25) is 5.95 Å². The molecule has 1 aliphatic heterocycles. The van der Waals surface area contributed by atoms with Gasteiger partial charge in [0.05, 0.1) is 19.0 Å². The summed E-state index contributed by atoms with van der Waals surface area (Å²) < 4.78 is 8.96. The topological polar surface area (TPSA) is 218 Å². The molecule has 2 fully saturated rings. The molecule has 5 rings (SSSR count). The Hall–Kier alpha value is -3.12. The van der Waals surface area contributed by atoms with Crippen molar-refractivity contribution in [1.29, 1.82) is 0 Å². The van der Waals surface area contributed by atoms with Crippen LogP contribution in [0.4, 0.5) is 11.8 Å². The lowest BCUT2D eigenvalue weighted by atomic mass is 9.92. The predicted octanol–water partition coefficient (Wildman–Crippen LogP) is 1.56. The molecule has 222 valence electrons. The lowest BCUT2D eigenvalue weighted by Gasteiger charge is -2.27. The molecule has 3 atom stereocenters. The Bertz CT molecular complexity index is 1320. The standard InChI is InChI=1S/C22H28IN7O.C4H6O6/c23-15-3-1-2-14(10-15)11-25-20-19-21(30(13-26-19)18-8-9-31-12-18)29-22(28-20)27-17-6-4-16(24)5-7-17;5-1(3(7)8)2(6)4(9)10/h1-3,10,13,16-18H,4-9,11-12,24H2,(H2,25,27,28,29);1-2,5-6H,(H,7,8)(H,9,10)/t16-,17-,18-;/m0./s1. The summed E-state index contributed by atoms with van der Waals surface area (Å²) >= 11 is 2.34. The molecular weight excluding hydrogens is 649 g/mol. The molecule has 3 aromatic rings. The first kappa shape index (κ1) is 30.8. The van der Waals surface area contributed by atoms with E-state index in [1.54, 1.807) is 0 Å². The van der Waals surface area contributed by atoms with E-state index >= 15 is 0 Å². The van der Waals surface area contributed by atoms with E-state index in [1.807, 2.05) is 6.33 Å². The third-order valence-electron chi connectivity index (χ3n) is 6.98. The molecular formula is C26H34IN7O7. The molecule has 2 aromatic heterocycles. The van der Waals surface area contributed by atoms with Crippen molar-refractivity contribution in [2.45, 2.75) is 69.0 Å². The van der Waals surface area contributed by atoms with Crippen LogP contribution >= 0.6 is 22.6 Å². The number of ether oxygens (including phenoxy) is 1. The fourth-order valence-corrected chi connectivity index (χ4v) is 5.27. The van der Waals surface area contributed by atoms with E-state index < -0.39 is 24.1 Å². The normalized spacial score (nSPS) is 21.9. The van der Waals surface area contributed by atoms with E-state index in [1.165, 1.54) is 9.13 Å². The molecule has 0 amide bonds. The number of aromatic nitrogens is 4. The van der Waals surface area contributed by atoms with Crippen molar-refractivity contribution in [3.05, 3.63) is 39.7 Å². The van der Waals surface area contributed by atoms with Crippen molar-refractivity contribution < 1.29 is 34.8 Å². The van der Waals surface area contributed by atoms with Crippen molar-refractivity contribution in [2.75, 3.05) is 23.8 Å². The van der Waals surface area contributed by atoms with Gasteiger partial charge < -0.3 is 46.1 Å². The number of rotatable bonds is 9. The molecule has 0 bridgehead atoms. The van der Waals surface area contributed by atoms with Gasteiger partial charge in [-0.3, -0.25) is 0 Å². The zero-order chi connectivity index (χ0) is 29.5. The van der Waals surface area contributed by atoms with Crippen molar-refractivity contribution in [1.82, 2.24) is 19.5 Å². The summed E-state index contributed by atoms with van der Waals surface area (Å²) in [6.45, 7) is 2.16. The van der Waals surface area contributed by atoms with Gasteiger partial charge in [-0.25, -0.2) is 14.6 Å². The van der Waals surface area contributed by atoms with Crippen LogP contribution in [-0.4, -0.2) is 89.4 Å². The second-order valence-electron chi connectivity index (χ2n) is 10.0. The van der Waals surface area contributed by atoms with Crippen molar-refractivity contribution >= 4 is 57.5 Å². The van der Waals surface area contributed by atoms with Crippen LogP contribution in [0.5, 0.6) is 0 Å². The Morgan fingerprint density at radius 3 is 2.41 bits per heavy atom. The van der Waals surface area contributed by atoms with Crippen LogP contribution in [-0.2, 0) is 20.9 Å². The summed E-state index contributed by atoms with van der Waals surface area (Å²) in [4.78, 5) is 33.9. The monoisotopic (exact) mass is 683 g/mol. The first-order valence-corrected chi connectivity index (χ1v) is 14.3. The number of hydrogen-bond donors (Lipinski definition) is 7. The van der Waals surface area contributed by atoms with Gasteiger partial charge in [-0.1, -0.05) is 12.1 Å². The Morgan fingerprint density at radius 1 is 1.10 bits per heavy atom. The van der Waals surface area contributed by atoms with Crippen LogP contribution < -0.4 is 16.4 Å². The first-order chi connectivity index (χ1) is 19.6. The van der Waals surface area contributed by atoms with E-state index in [9.17, 15) is 9.59 Å². The highest BCUT2D eigenvalue weighted by atomic mass is 127. The largest absolute Gasteiger partial charge is 0.479 e. The molecule has 1 aromatic carbocycles. The summed E-state index contributed by atoms with van der Waals surface area (Å²) in [6, 6.07) is 9.39. The van der Waals surface area contributed by atoms with Crippen LogP contribution in [0.15, 0.2) is 30.6 Å². The minimum atomic E-state index is -2.27. The number of aliphatic carboxylic acids is 2. The number of benzene rings is 1. The average Bonchev–Trinajstić information content (AvgIpc) is 3.63. The number of carboxylic acid groups (broad SMARTS) is 2. The molecule has 1 saturated heterocycles. The van der Waals surface area contributed by atoms with Crippen molar-refractivity contribution in [3.63, 3.8) is 0 Å². The molecule has 0 spiro atoms. The summed E-state index contributed by atoms with van der Waals surface area (Å²) in [5.74, 6) is -2.12. The minimum Gasteiger partial charge on any atom is -0.479 e. The number of anilines is 2. The lowest BCUT2D eigenvalue weighted by molar-refractivity contribution is -0.165. The minimum absolute atomic E-state index is 0.268. The number of nitrogens with two attached hydrogens (primary N) is 1. The van der Waals surface area contributed by atoms with Crippen LogP contribution in [0.2, 0.25) is 0 Å². The zero-order valence-electron chi connectivity index (χ0n) is 22.2. The maximum atomic E-state index is 9.77. The highest BCUT2D eigenvalue weighted by Gasteiger charge is 2.29. The number of carbonyl (C=O) groups is 2. The van der Waals surface area contributed by atoms with Gasteiger partial charge in [-0.2, -0.15) is 9.97 Å². The number of fused-ring (bicyclic) bond motifs is 1. The molecule has 0 radical (unpaired) electrons. The molecule has 1 aliphatic carbocycles. The molecule has 8 N–H and O–H groups in total. The molecule has 2 unspecified atom stereocenters. The fourth-order valence-electron chi connectivity index (χ4n) is 4.66. The van der Waals surface area contributed by atoms with Gasteiger partial charge >= 0.3 is 11.9 Å². The molecule has 2 aliphatic rings. The van der Waals surface area contributed by atoms with Gasteiger partial charge in [-0.15, -0.1) is 0 Å². The number of imidazole rings is 1. The Kier molecular flexibility index (Phi) is 10.7. The highest BCUT2D eigenvalue weighted by Crippen LogP contribution is 2.28. The summed E-state index contributed by atoms with van der Waals surface area (Å²) in [7, 11) is 0. The van der Waals surface area contributed by atoms with E-state index in [0.717, 1.165) is 55.7 Å². The fraction of sp³-hybridized carbons (Fsp3) is 0.500. The number of hydrogen-bond acceptors (Lipinski definition) is 11. The van der Waals surface area contributed by atoms with Crippen LogP contribution in [0.3, 0.4) is 0 Å². The SMILES string of the molecule is N[C@H]1CC[C@H](Nc2nc(NCc3cccc(I)c3)c3ncn([C@H]4CCOC4)c3n2)CC1.O=C(O)C(O)C(O)C(=O)O. The number of carboxylic acids is 2. The molecule has 1 saturated carbocycles. The quantitative estimate of drug-likeness (QED) is 0.160. The van der Waals surface area contributed by atoms with Crippen molar-refractivity contribution in [3.8, 4) is 0 Å². The van der Waals surface area contributed by atoms with E-state index in [4.69, 9.17) is 40.9 Å². The number of halogens is 1. The van der Waals surface area contributed by atoms with Gasteiger partial charge in [0.25, 0.3) is 0 Å². The first-order valence-electron chi connectivity index (χ1n) is 13.3. The summed E-state index contributed by atoms with van der Waals surface area (Å²) in [5.41, 5.74) is 8.94. The summed E-state index contributed by atoms with van der Waals surface area (Å²) in [5, 5.41) is 39.6. The van der Waals surface area contributed by atoms with E-state index in [-0.39, 0.29) is 6.04 Å². The molecule has 15 heteroatoms. The maximum absolute atomic E-state index is 9.77. The molecule has 14 nitrogen and oxygen atoms in total.